The number of hydrogen-bond acceptors (Lipinski definition) is 4. The van der Waals surface area contributed by atoms with Gasteiger partial charge in [-0.2, -0.15) is 0 Å². The highest BCUT2D eigenvalue weighted by Gasteiger charge is 2.19. The highest BCUT2D eigenvalue weighted by atomic mass is 16.5. The first-order valence-corrected chi connectivity index (χ1v) is 7.35. The molecule has 0 aromatic heterocycles. The lowest BCUT2D eigenvalue weighted by molar-refractivity contribution is 0.0731. The Morgan fingerprint density at radius 2 is 1.65 bits per heavy atom. The molecule has 0 unspecified atom stereocenters. The number of benzene rings is 3. The van der Waals surface area contributed by atoms with Crippen LogP contribution in [0.15, 0.2) is 60.7 Å². The Balaban J connectivity index is 2.06. The predicted octanol–water partition coefficient (Wildman–Crippen LogP) is 4.16. The van der Waals surface area contributed by atoms with E-state index in [0.29, 0.717) is 23.5 Å². The van der Waals surface area contributed by atoms with Gasteiger partial charge in [0.05, 0.1) is 6.61 Å². The molecule has 0 radical (unpaired) electrons. The first-order chi connectivity index (χ1) is 11.2. The van der Waals surface area contributed by atoms with Crippen LogP contribution in [0.25, 0.3) is 10.8 Å². The average Bonchev–Trinajstić information content (AvgIpc) is 2.58. The van der Waals surface area contributed by atoms with Gasteiger partial charge in [-0.1, -0.05) is 42.5 Å². The van der Waals surface area contributed by atoms with Crippen molar-refractivity contribution in [1.29, 1.82) is 0 Å². The molecule has 3 rings (SSSR count). The normalized spacial score (nSPS) is 10.5. The van der Waals surface area contributed by atoms with Crippen LogP contribution in [0.5, 0.6) is 17.2 Å². The molecule has 0 aliphatic carbocycles. The van der Waals surface area contributed by atoms with E-state index in [1.807, 2.05) is 25.1 Å². The maximum absolute atomic E-state index is 12.4. The van der Waals surface area contributed by atoms with E-state index >= 15 is 0 Å². The van der Waals surface area contributed by atoms with Crippen LogP contribution in [0.3, 0.4) is 0 Å². The molecule has 0 atom stereocenters. The minimum Gasteiger partial charge on any atom is -0.506 e. The van der Waals surface area contributed by atoms with E-state index in [1.165, 1.54) is 6.07 Å². The van der Waals surface area contributed by atoms with Gasteiger partial charge >= 0.3 is 5.97 Å². The molecule has 0 spiro atoms. The second kappa shape index (κ2) is 6.40. The second-order valence-electron chi connectivity index (χ2n) is 4.95. The Hall–Kier alpha value is -3.01. The molecule has 3 aromatic carbocycles. The zero-order valence-corrected chi connectivity index (χ0v) is 12.7. The smallest absolute Gasteiger partial charge is 0.347 e. The SMILES string of the molecule is CCOc1cc(C(=O)Oc2ccccc2)c(O)c2ccccc12. The van der Waals surface area contributed by atoms with Crippen LogP contribution in [-0.4, -0.2) is 17.7 Å². The summed E-state index contributed by atoms with van der Waals surface area (Å²) in [5, 5.41) is 11.7. The predicted molar refractivity (Wildman–Crippen MR) is 88.2 cm³/mol. The number of esters is 1. The summed E-state index contributed by atoms with van der Waals surface area (Å²) in [7, 11) is 0. The van der Waals surface area contributed by atoms with Crippen LogP contribution >= 0.6 is 0 Å². The van der Waals surface area contributed by atoms with Crippen molar-refractivity contribution in [3.8, 4) is 17.2 Å². The van der Waals surface area contributed by atoms with Crippen molar-refractivity contribution in [2.45, 2.75) is 6.92 Å². The van der Waals surface area contributed by atoms with Crippen molar-refractivity contribution in [3.63, 3.8) is 0 Å². The van der Waals surface area contributed by atoms with E-state index in [-0.39, 0.29) is 11.3 Å². The van der Waals surface area contributed by atoms with Crippen molar-refractivity contribution in [1.82, 2.24) is 0 Å². The van der Waals surface area contributed by atoms with Gasteiger partial charge in [0.1, 0.15) is 22.8 Å². The van der Waals surface area contributed by atoms with Gasteiger partial charge in [-0.25, -0.2) is 4.79 Å². The second-order valence-corrected chi connectivity index (χ2v) is 4.95. The molecule has 0 fully saturated rings. The Morgan fingerprint density at radius 3 is 2.35 bits per heavy atom. The number of rotatable bonds is 4. The minimum atomic E-state index is -0.625. The van der Waals surface area contributed by atoms with Crippen molar-refractivity contribution in [3.05, 3.63) is 66.2 Å². The van der Waals surface area contributed by atoms with Gasteiger partial charge < -0.3 is 14.6 Å². The van der Waals surface area contributed by atoms with Gasteiger partial charge in [0.15, 0.2) is 0 Å². The van der Waals surface area contributed by atoms with Crippen LogP contribution in [0.4, 0.5) is 0 Å². The summed E-state index contributed by atoms with van der Waals surface area (Å²) in [5.74, 6) is 0.231. The molecule has 3 aromatic rings. The summed E-state index contributed by atoms with van der Waals surface area (Å²) in [6.07, 6.45) is 0. The van der Waals surface area contributed by atoms with Gasteiger partial charge in [-0.3, -0.25) is 0 Å². The third kappa shape index (κ3) is 2.97. The van der Waals surface area contributed by atoms with Crippen molar-refractivity contribution < 1.29 is 19.4 Å². The number of phenols is 1. The zero-order chi connectivity index (χ0) is 16.2. The lowest BCUT2D eigenvalue weighted by atomic mass is 10.0. The van der Waals surface area contributed by atoms with Crippen LogP contribution in [-0.2, 0) is 0 Å². The summed E-state index contributed by atoms with van der Waals surface area (Å²) >= 11 is 0. The van der Waals surface area contributed by atoms with E-state index in [9.17, 15) is 9.90 Å². The number of phenolic OH excluding ortho intramolecular Hbond substituents is 1. The van der Waals surface area contributed by atoms with Gasteiger partial charge in [-0.05, 0) is 25.1 Å². The molecule has 0 bridgehead atoms. The first-order valence-electron chi connectivity index (χ1n) is 7.35. The molecule has 116 valence electrons. The summed E-state index contributed by atoms with van der Waals surface area (Å²) in [6.45, 7) is 2.32. The molecule has 4 nitrogen and oxygen atoms in total. The Morgan fingerprint density at radius 1 is 1.00 bits per heavy atom. The minimum absolute atomic E-state index is 0.0796. The molecule has 0 aliphatic rings. The fraction of sp³-hybridized carbons (Fsp3) is 0.105. The van der Waals surface area contributed by atoms with Gasteiger partial charge in [-0.15, -0.1) is 0 Å². The fourth-order valence-corrected chi connectivity index (χ4v) is 2.41. The van der Waals surface area contributed by atoms with Gasteiger partial charge in [0, 0.05) is 10.8 Å². The van der Waals surface area contributed by atoms with Crippen LogP contribution in [0, 0.1) is 0 Å². The van der Waals surface area contributed by atoms with E-state index in [2.05, 4.69) is 0 Å². The van der Waals surface area contributed by atoms with Crippen molar-refractivity contribution in [2.75, 3.05) is 6.61 Å². The first kappa shape index (κ1) is 14.9. The number of carbonyl (C=O) groups is 1. The molecule has 1 N–H and O–H groups in total. The third-order valence-electron chi connectivity index (χ3n) is 3.45. The molecule has 23 heavy (non-hydrogen) atoms. The number of hydrogen-bond donors (Lipinski definition) is 1. The van der Waals surface area contributed by atoms with Crippen molar-refractivity contribution >= 4 is 16.7 Å². The maximum Gasteiger partial charge on any atom is 0.347 e. The van der Waals surface area contributed by atoms with Crippen LogP contribution < -0.4 is 9.47 Å². The monoisotopic (exact) mass is 308 g/mol. The van der Waals surface area contributed by atoms with Gasteiger partial charge in [0.25, 0.3) is 0 Å². The van der Waals surface area contributed by atoms with E-state index in [0.717, 1.165) is 5.39 Å². The highest BCUT2D eigenvalue weighted by molar-refractivity contribution is 6.04. The maximum atomic E-state index is 12.4. The Labute approximate surface area is 133 Å². The molecule has 0 saturated heterocycles. The van der Waals surface area contributed by atoms with Crippen LogP contribution in [0.1, 0.15) is 17.3 Å². The number of ether oxygens (including phenoxy) is 2. The lowest BCUT2D eigenvalue weighted by Gasteiger charge is -2.13. The summed E-state index contributed by atoms with van der Waals surface area (Å²) < 4.78 is 10.9. The topological polar surface area (TPSA) is 55.8 Å². The average molecular weight is 308 g/mol. The van der Waals surface area contributed by atoms with Crippen molar-refractivity contribution in [2.24, 2.45) is 0 Å². The number of fused-ring (bicyclic) bond motifs is 1. The molecule has 4 heteroatoms. The molecular weight excluding hydrogens is 292 g/mol. The van der Waals surface area contributed by atoms with Crippen LogP contribution in [0.2, 0.25) is 0 Å². The molecule has 0 saturated carbocycles. The fourth-order valence-electron chi connectivity index (χ4n) is 2.41. The van der Waals surface area contributed by atoms with Gasteiger partial charge in [0.2, 0.25) is 0 Å². The van der Waals surface area contributed by atoms with E-state index in [1.54, 1.807) is 36.4 Å². The zero-order valence-electron chi connectivity index (χ0n) is 12.7. The highest BCUT2D eigenvalue weighted by Crippen LogP contribution is 2.36. The largest absolute Gasteiger partial charge is 0.506 e. The standard InChI is InChI=1S/C19H16O4/c1-2-22-17-12-16(18(20)15-11-7-6-10-14(15)17)19(21)23-13-8-4-3-5-9-13/h3-12,20H,2H2,1H3. The number of carbonyl (C=O) groups excluding carboxylic acids is 1. The Bertz CT molecular complexity index is 841. The molecule has 0 aliphatic heterocycles. The van der Waals surface area contributed by atoms with E-state index < -0.39 is 5.97 Å². The quantitative estimate of drug-likeness (QED) is 0.581. The number of para-hydroxylation sites is 1. The molecule has 0 heterocycles. The number of aromatic hydroxyl groups is 1. The Kier molecular flexibility index (Phi) is 4.15. The molecule has 0 amide bonds. The lowest BCUT2D eigenvalue weighted by Crippen LogP contribution is -2.09. The van der Waals surface area contributed by atoms with E-state index in [4.69, 9.17) is 9.47 Å². The summed E-state index contributed by atoms with van der Waals surface area (Å²) in [6, 6.07) is 17.5. The third-order valence-corrected chi connectivity index (χ3v) is 3.45. The summed E-state index contributed by atoms with van der Waals surface area (Å²) in [5.41, 5.74) is 0.0796. The molecular formula is C19H16O4. The summed E-state index contributed by atoms with van der Waals surface area (Å²) in [4.78, 5) is 12.4.